The number of nitrogens with one attached hydrogen (secondary N) is 1. The van der Waals surface area contributed by atoms with E-state index in [0.29, 0.717) is 17.2 Å². The van der Waals surface area contributed by atoms with Gasteiger partial charge in [-0.05, 0) is 36.5 Å². The summed E-state index contributed by atoms with van der Waals surface area (Å²) in [7, 11) is 0. The number of rotatable bonds is 5. The van der Waals surface area contributed by atoms with Gasteiger partial charge in [0.15, 0.2) is 0 Å². The van der Waals surface area contributed by atoms with Crippen LogP contribution in [0.1, 0.15) is 42.0 Å². The zero-order chi connectivity index (χ0) is 17.1. The van der Waals surface area contributed by atoms with Crippen molar-refractivity contribution < 1.29 is 14.6 Å². The standard InChI is InChI=1S/C17H20N2O4/c1-9(2)13-8-14(18-19-17(13)22)23-16-10(3)5-12(6-11(16)4)7-15(20)21/h5-6,8-9H,7H2,1-4H3,(H,19,22)(H,20,21). The Balaban J connectivity index is 2.35. The summed E-state index contributed by atoms with van der Waals surface area (Å²) in [6.07, 6.45) is -0.0314. The molecule has 2 rings (SSSR count). The van der Waals surface area contributed by atoms with E-state index in [4.69, 9.17) is 9.84 Å². The SMILES string of the molecule is Cc1cc(CC(=O)O)cc(C)c1Oc1cc(C(C)C)c(=O)[nH]n1. The van der Waals surface area contributed by atoms with E-state index in [0.717, 1.165) is 16.7 Å². The molecule has 0 atom stereocenters. The molecule has 0 radical (unpaired) electrons. The molecule has 23 heavy (non-hydrogen) atoms. The summed E-state index contributed by atoms with van der Waals surface area (Å²) in [6, 6.07) is 5.20. The first-order chi connectivity index (χ1) is 10.8. The lowest BCUT2D eigenvalue weighted by atomic mass is 10.0. The predicted octanol–water partition coefficient (Wildman–Crippen LogP) is 2.93. The molecule has 2 aromatic rings. The second-order valence-electron chi connectivity index (χ2n) is 5.88. The van der Waals surface area contributed by atoms with Crippen molar-refractivity contribution in [2.24, 2.45) is 0 Å². The van der Waals surface area contributed by atoms with E-state index in [1.54, 1.807) is 18.2 Å². The molecule has 6 heteroatoms. The van der Waals surface area contributed by atoms with Crippen LogP contribution in [0.4, 0.5) is 0 Å². The first kappa shape index (κ1) is 16.7. The molecule has 0 aliphatic rings. The Kier molecular flexibility index (Phi) is 4.83. The first-order valence-corrected chi connectivity index (χ1v) is 7.37. The zero-order valence-electron chi connectivity index (χ0n) is 13.6. The van der Waals surface area contributed by atoms with Crippen molar-refractivity contribution in [3.63, 3.8) is 0 Å². The minimum atomic E-state index is -0.874. The van der Waals surface area contributed by atoms with Gasteiger partial charge in [-0.3, -0.25) is 9.59 Å². The molecule has 0 unspecified atom stereocenters. The van der Waals surface area contributed by atoms with Gasteiger partial charge < -0.3 is 9.84 Å². The van der Waals surface area contributed by atoms with Gasteiger partial charge in [-0.2, -0.15) is 0 Å². The van der Waals surface area contributed by atoms with Crippen molar-refractivity contribution in [2.45, 2.75) is 40.0 Å². The Morgan fingerprint density at radius 3 is 2.39 bits per heavy atom. The second kappa shape index (κ2) is 6.64. The fourth-order valence-electron chi connectivity index (χ4n) is 2.46. The van der Waals surface area contributed by atoms with Crippen LogP contribution in [0.5, 0.6) is 11.6 Å². The highest BCUT2D eigenvalue weighted by Crippen LogP contribution is 2.29. The molecule has 1 aromatic carbocycles. The molecule has 1 aromatic heterocycles. The maximum atomic E-state index is 11.7. The van der Waals surface area contributed by atoms with Crippen molar-refractivity contribution in [3.05, 3.63) is 50.8 Å². The monoisotopic (exact) mass is 316 g/mol. The van der Waals surface area contributed by atoms with Crippen LogP contribution in [-0.2, 0) is 11.2 Å². The van der Waals surface area contributed by atoms with Crippen LogP contribution in [0, 0.1) is 13.8 Å². The molecule has 0 spiro atoms. The normalized spacial score (nSPS) is 10.8. The number of carboxylic acids is 1. The summed E-state index contributed by atoms with van der Waals surface area (Å²) in [5, 5.41) is 15.2. The zero-order valence-corrected chi connectivity index (χ0v) is 13.6. The van der Waals surface area contributed by atoms with Gasteiger partial charge in [0.25, 0.3) is 5.56 Å². The molecule has 0 fully saturated rings. The lowest BCUT2D eigenvalue weighted by Crippen LogP contribution is -2.15. The summed E-state index contributed by atoms with van der Waals surface area (Å²) in [4.78, 5) is 22.5. The predicted molar refractivity (Wildman–Crippen MR) is 86.3 cm³/mol. The number of benzene rings is 1. The number of aromatic nitrogens is 2. The molecule has 0 aliphatic carbocycles. The van der Waals surface area contributed by atoms with Crippen molar-refractivity contribution >= 4 is 5.97 Å². The lowest BCUT2D eigenvalue weighted by molar-refractivity contribution is -0.136. The van der Waals surface area contributed by atoms with Crippen LogP contribution >= 0.6 is 0 Å². The van der Waals surface area contributed by atoms with Crippen LogP contribution in [0.2, 0.25) is 0 Å². The molecule has 0 amide bonds. The van der Waals surface area contributed by atoms with Crippen molar-refractivity contribution in [3.8, 4) is 11.6 Å². The molecule has 2 N–H and O–H groups in total. The van der Waals surface area contributed by atoms with E-state index in [1.165, 1.54) is 0 Å². The number of aromatic amines is 1. The quantitative estimate of drug-likeness (QED) is 0.884. The second-order valence-corrected chi connectivity index (χ2v) is 5.88. The van der Waals surface area contributed by atoms with Crippen LogP contribution < -0.4 is 10.3 Å². The molecular formula is C17H20N2O4. The smallest absolute Gasteiger partial charge is 0.307 e. The molecule has 0 saturated heterocycles. The van der Waals surface area contributed by atoms with Gasteiger partial charge in [-0.15, -0.1) is 5.10 Å². The molecule has 0 bridgehead atoms. The number of ether oxygens (including phenoxy) is 1. The van der Waals surface area contributed by atoms with E-state index in [2.05, 4.69) is 10.2 Å². The minimum absolute atomic E-state index is 0.0314. The van der Waals surface area contributed by atoms with Gasteiger partial charge >= 0.3 is 5.97 Å². The average Bonchev–Trinajstić information content (AvgIpc) is 2.43. The minimum Gasteiger partial charge on any atom is -0.481 e. The van der Waals surface area contributed by atoms with Gasteiger partial charge in [0.05, 0.1) is 6.42 Å². The maximum absolute atomic E-state index is 11.7. The van der Waals surface area contributed by atoms with Crippen molar-refractivity contribution in [1.29, 1.82) is 0 Å². The Bertz CT molecular complexity index is 770. The Morgan fingerprint density at radius 1 is 1.26 bits per heavy atom. The summed E-state index contributed by atoms with van der Waals surface area (Å²) >= 11 is 0. The first-order valence-electron chi connectivity index (χ1n) is 7.37. The number of H-pyrrole nitrogens is 1. The van der Waals surface area contributed by atoms with E-state index in [1.807, 2.05) is 27.7 Å². The van der Waals surface area contributed by atoms with E-state index in [9.17, 15) is 9.59 Å². The van der Waals surface area contributed by atoms with Gasteiger partial charge in [-0.25, -0.2) is 5.10 Å². The highest BCUT2D eigenvalue weighted by Gasteiger charge is 2.13. The molecular weight excluding hydrogens is 296 g/mol. The summed E-state index contributed by atoms with van der Waals surface area (Å²) in [5.41, 5.74) is 2.74. The van der Waals surface area contributed by atoms with Crippen molar-refractivity contribution in [2.75, 3.05) is 0 Å². The topological polar surface area (TPSA) is 92.3 Å². The number of aryl methyl sites for hydroxylation is 2. The van der Waals surface area contributed by atoms with Crippen LogP contribution in [0.3, 0.4) is 0 Å². The molecule has 0 saturated carbocycles. The van der Waals surface area contributed by atoms with Gasteiger partial charge in [0, 0.05) is 11.6 Å². The van der Waals surface area contributed by atoms with E-state index in [-0.39, 0.29) is 17.9 Å². The van der Waals surface area contributed by atoms with Gasteiger partial charge in [0.1, 0.15) is 5.75 Å². The lowest BCUT2D eigenvalue weighted by Gasteiger charge is -2.13. The number of hydrogen-bond donors (Lipinski definition) is 2. The Hall–Kier alpha value is -2.63. The summed E-state index contributed by atoms with van der Waals surface area (Å²) in [5.74, 6) is 0.115. The third-order valence-corrected chi connectivity index (χ3v) is 3.51. The summed E-state index contributed by atoms with van der Waals surface area (Å²) < 4.78 is 5.82. The number of carbonyl (C=O) groups is 1. The molecule has 0 aliphatic heterocycles. The highest BCUT2D eigenvalue weighted by molar-refractivity contribution is 5.70. The third kappa shape index (κ3) is 3.97. The van der Waals surface area contributed by atoms with Crippen LogP contribution in [0.25, 0.3) is 0 Å². The number of nitrogens with zero attached hydrogens (tertiary/aromatic N) is 1. The maximum Gasteiger partial charge on any atom is 0.307 e. The van der Waals surface area contributed by atoms with Gasteiger partial charge in [-0.1, -0.05) is 26.0 Å². The molecule has 1 heterocycles. The Labute approximate surface area is 134 Å². The summed E-state index contributed by atoms with van der Waals surface area (Å²) in [6.45, 7) is 7.54. The molecule has 122 valence electrons. The fourth-order valence-corrected chi connectivity index (χ4v) is 2.46. The molecule has 6 nitrogen and oxygen atoms in total. The Morgan fingerprint density at radius 2 is 1.87 bits per heavy atom. The van der Waals surface area contributed by atoms with Crippen molar-refractivity contribution in [1.82, 2.24) is 10.2 Å². The van der Waals surface area contributed by atoms with Gasteiger partial charge in [0.2, 0.25) is 5.88 Å². The number of carboxylic acid groups (broad SMARTS) is 1. The highest BCUT2D eigenvalue weighted by atomic mass is 16.5. The number of aliphatic carboxylic acids is 1. The van der Waals surface area contributed by atoms with E-state index < -0.39 is 5.97 Å². The van der Waals surface area contributed by atoms with Crippen LogP contribution in [-0.4, -0.2) is 21.3 Å². The average molecular weight is 316 g/mol. The largest absolute Gasteiger partial charge is 0.481 e. The van der Waals surface area contributed by atoms with E-state index >= 15 is 0 Å². The third-order valence-electron chi connectivity index (χ3n) is 3.51. The fraction of sp³-hybridized carbons (Fsp3) is 0.353. The number of hydrogen-bond acceptors (Lipinski definition) is 4. The van der Waals surface area contributed by atoms with Crippen LogP contribution in [0.15, 0.2) is 23.0 Å².